The normalized spacial score (nSPS) is 14.5. The summed E-state index contributed by atoms with van der Waals surface area (Å²) in [5, 5.41) is 0. The van der Waals surface area contributed by atoms with Crippen LogP contribution in [0.15, 0.2) is 60.7 Å². The average Bonchev–Trinajstić information content (AvgIpc) is 2.91. The van der Waals surface area contributed by atoms with E-state index in [9.17, 15) is 9.59 Å². The quantitative estimate of drug-likeness (QED) is 0.182. The lowest BCUT2D eigenvalue weighted by Crippen LogP contribution is -2.33. The fourth-order valence-corrected chi connectivity index (χ4v) is 5.63. The molecule has 5 heteroatoms. The van der Waals surface area contributed by atoms with Crippen molar-refractivity contribution in [3.05, 3.63) is 71.8 Å². The zero-order chi connectivity index (χ0) is 25.6. The Kier molecular flexibility index (Phi) is 12.4. The highest BCUT2D eigenvalue weighted by Gasteiger charge is 2.36. The van der Waals surface area contributed by atoms with Crippen LogP contribution < -0.4 is 0 Å². The van der Waals surface area contributed by atoms with Gasteiger partial charge in [0.25, 0.3) is 0 Å². The van der Waals surface area contributed by atoms with Crippen molar-refractivity contribution in [3.63, 3.8) is 0 Å². The zero-order valence-corrected chi connectivity index (χ0v) is 22.7. The maximum Gasteiger partial charge on any atom is 0.315 e. The van der Waals surface area contributed by atoms with Crippen LogP contribution >= 0.6 is 11.8 Å². The molecule has 0 radical (unpaired) electrons. The molecule has 0 aliphatic heterocycles. The SMILES string of the molecule is COC(=O)C(C)(CCCCCSCCCCCC(C)(C(=O)OC)c1ccccc1)c1ccccc1. The maximum atomic E-state index is 12.5. The second-order valence-electron chi connectivity index (χ2n) is 9.61. The lowest BCUT2D eigenvalue weighted by Gasteiger charge is -2.27. The number of ether oxygens (including phenoxy) is 2. The maximum absolute atomic E-state index is 12.5. The van der Waals surface area contributed by atoms with Gasteiger partial charge < -0.3 is 9.47 Å². The standard InChI is InChI=1S/C30H42O4S/c1-29(27(31)33-3,25-17-9-5-10-18-25)21-13-7-15-23-35-24-16-8-14-22-30(2,28(32)34-4)26-19-11-6-12-20-26/h5-6,9-12,17-20H,7-8,13-16,21-24H2,1-4H3. The lowest BCUT2D eigenvalue weighted by molar-refractivity contribution is -0.148. The summed E-state index contributed by atoms with van der Waals surface area (Å²) in [7, 11) is 2.94. The number of thioether (sulfide) groups is 1. The number of rotatable bonds is 16. The van der Waals surface area contributed by atoms with Crippen LogP contribution in [0.5, 0.6) is 0 Å². The molecule has 2 rings (SSSR count). The third kappa shape index (κ3) is 8.42. The van der Waals surface area contributed by atoms with Crippen molar-refractivity contribution in [2.75, 3.05) is 25.7 Å². The van der Waals surface area contributed by atoms with Crippen molar-refractivity contribution in [2.24, 2.45) is 0 Å². The van der Waals surface area contributed by atoms with Crippen LogP contribution in [0.25, 0.3) is 0 Å². The lowest BCUT2D eigenvalue weighted by atomic mass is 9.78. The Morgan fingerprint density at radius 2 is 1.00 bits per heavy atom. The molecule has 0 fully saturated rings. The molecular formula is C30H42O4S. The summed E-state index contributed by atoms with van der Waals surface area (Å²) in [6.45, 7) is 3.98. The molecule has 0 amide bonds. The Balaban J connectivity index is 1.62. The highest BCUT2D eigenvalue weighted by Crippen LogP contribution is 2.32. The summed E-state index contributed by atoms with van der Waals surface area (Å²) in [5.74, 6) is 1.97. The van der Waals surface area contributed by atoms with E-state index in [0.29, 0.717) is 0 Å². The number of unbranched alkanes of at least 4 members (excludes halogenated alkanes) is 4. The van der Waals surface area contributed by atoms with Crippen LogP contribution in [0.4, 0.5) is 0 Å². The highest BCUT2D eigenvalue weighted by atomic mass is 32.2. The Morgan fingerprint density at radius 1 is 0.629 bits per heavy atom. The van der Waals surface area contributed by atoms with Gasteiger partial charge in [-0.05, 0) is 62.2 Å². The molecular weight excluding hydrogens is 456 g/mol. The van der Waals surface area contributed by atoms with Crippen LogP contribution in [0, 0.1) is 0 Å². The first-order valence-corrected chi connectivity index (χ1v) is 13.9. The van der Waals surface area contributed by atoms with E-state index in [1.165, 1.54) is 14.2 Å². The van der Waals surface area contributed by atoms with E-state index >= 15 is 0 Å². The van der Waals surface area contributed by atoms with Crippen LogP contribution in [-0.2, 0) is 29.9 Å². The van der Waals surface area contributed by atoms with E-state index in [2.05, 4.69) is 0 Å². The molecule has 0 N–H and O–H groups in total. The van der Waals surface area contributed by atoms with Gasteiger partial charge >= 0.3 is 11.9 Å². The predicted molar refractivity (Wildman–Crippen MR) is 146 cm³/mol. The van der Waals surface area contributed by atoms with Crippen molar-refractivity contribution >= 4 is 23.7 Å². The Morgan fingerprint density at radius 3 is 1.34 bits per heavy atom. The van der Waals surface area contributed by atoms with Crippen molar-refractivity contribution in [1.82, 2.24) is 0 Å². The van der Waals surface area contributed by atoms with Gasteiger partial charge in [0, 0.05) is 0 Å². The summed E-state index contributed by atoms with van der Waals surface area (Å²) < 4.78 is 10.2. The van der Waals surface area contributed by atoms with Crippen LogP contribution in [-0.4, -0.2) is 37.7 Å². The van der Waals surface area contributed by atoms with Gasteiger partial charge in [0.05, 0.1) is 25.0 Å². The largest absolute Gasteiger partial charge is 0.468 e. The van der Waals surface area contributed by atoms with Crippen molar-refractivity contribution in [3.8, 4) is 0 Å². The van der Waals surface area contributed by atoms with Gasteiger partial charge in [0.15, 0.2) is 0 Å². The molecule has 0 heterocycles. The van der Waals surface area contributed by atoms with Crippen molar-refractivity contribution < 1.29 is 19.1 Å². The first-order valence-electron chi connectivity index (χ1n) is 12.7. The van der Waals surface area contributed by atoms with Gasteiger partial charge in [-0.25, -0.2) is 0 Å². The first-order chi connectivity index (χ1) is 16.9. The van der Waals surface area contributed by atoms with Gasteiger partial charge in [0.2, 0.25) is 0 Å². The molecule has 0 aromatic heterocycles. The van der Waals surface area contributed by atoms with Crippen LogP contribution in [0.1, 0.15) is 76.3 Å². The highest BCUT2D eigenvalue weighted by molar-refractivity contribution is 7.99. The van der Waals surface area contributed by atoms with Gasteiger partial charge in [-0.1, -0.05) is 86.3 Å². The number of hydrogen-bond donors (Lipinski definition) is 0. The number of carbonyl (C=O) groups is 2. The Labute approximate surface area is 216 Å². The molecule has 0 aliphatic carbocycles. The number of hydrogen-bond acceptors (Lipinski definition) is 5. The molecule has 4 nitrogen and oxygen atoms in total. The number of methoxy groups -OCH3 is 2. The van der Waals surface area contributed by atoms with Crippen molar-refractivity contribution in [1.29, 1.82) is 0 Å². The third-order valence-corrected chi connectivity index (χ3v) is 8.18. The van der Waals surface area contributed by atoms with E-state index < -0.39 is 10.8 Å². The third-order valence-electron chi connectivity index (χ3n) is 7.02. The Hall–Kier alpha value is -2.27. The minimum absolute atomic E-state index is 0.159. The fraction of sp³-hybridized carbons (Fsp3) is 0.533. The van der Waals surface area contributed by atoms with Gasteiger partial charge in [-0.2, -0.15) is 11.8 Å². The number of carbonyl (C=O) groups excluding carboxylic acids is 2. The predicted octanol–water partition coefficient (Wildman–Crippen LogP) is 7.10. The molecule has 0 bridgehead atoms. The monoisotopic (exact) mass is 498 g/mol. The minimum Gasteiger partial charge on any atom is -0.468 e. The van der Waals surface area contributed by atoms with Gasteiger partial charge in [-0.15, -0.1) is 0 Å². The molecule has 2 unspecified atom stereocenters. The summed E-state index contributed by atoms with van der Waals surface area (Å²) in [6.07, 6.45) is 8.15. The van der Waals surface area contributed by atoms with Crippen molar-refractivity contribution in [2.45, 2.75) is 76.0 Å². The zero-order valence-electron chi connectivity index (χ0n) is 21.9. The second kappa shape index (κ2) is 15.0. The molecule has 2 atom stereocenters. The first kappa shape index (κ1) is 29.0. The molecule has 192 valence electrons. The molecule has 0 spiro atoms. The van der Waals surface area contributed by atoms with E-state index in [-0.39, 0.29) is 11.9 Å². The van der Waals surface area contributed by atoms with Crippen LogP contribution in [0.3, 0.4) is 0 Å². The minimum atomic E-state index is -0.582. The van der Waals surface area contributed by atoms with Crippen LogP contribution in [0.2, 0.25) is 0 Å². The molecule has 0 aliphatic rings. The summed E-state index contributed by atoms with van der Waals surface area (Å²) >= 11 is 2.00. The van der Waals surface area contributed by atoms with E-state index in [0.717, 1.165) is 74.0 Å². The van der Waals surface area contributed by atoms with E-state index in [1.807, 2.05) is 86.3 Å². The topological polar surface area (TPSA) is 52.6 Å². The van der Waals surface area contributed by atoms with Gasteiger partial charge in [0.1, 0.15) is 0 Å². The smallest absolute Gasteiger partial charge is 0.315 e. The number of benzene rings is 2. The molecule has 2 aromatic rings. The van der Waals surface area contributed by atoms with E-state index in [4.69, 9.17) is 9.47 Å². The average molecular weight is 499 g/mol. The number of esters is 2. The van der Waals surface area contributed by atoms with Gasteiger partial charge in [-0.3, -0.25) is 9.59 Å². The summed E-state index contributed by atoms with van der Waals surface area (Å²) in [4.78, 5) is 24.9. The molecule has 2 aromatic carbocycles. The molecule has 0 saturated heterocycles. The summed E-state index contributed by atoms with van der Waals surface area (Å²) in [5.41, 5.74) is 0.886. The fourth-order valence-electron chi connectivity index (χ4n) is 4.61. The summed E-state index contributed by atoms with van der Waals surface area (Å²) in [6, 6.07) is 19.9. The molecule has 35 heavy (non-hydrogen) atoms. The van der Waals surface area contributed by atoms with E-state index in [1.54, 1.807) is 0 Å². The molecule has 0 saturated carbocycles. The second-order valence-corrected chi connectivity index (χ2v) is 10.8. The Bertz CT molecular complexity index is 812.